The number of carbonyl (C=O) groups excluding carboxylic acids is 2. The maximum absolute atomic E-state index is 12.5. The fourth-order valence-corrected chi connectivity index (χ4v) is 3.59. The van der Waals surface area contributed by atoms with Gasteiger partial charge in [-0.25, -0.2) is 0 Å². The fourth-order valence-electron chi connectivity index (χ4n) is 3.18. The Morgan fingerprint density at radius 2 is 1.56 bits per heavy atom. The number of nitrogens with one attached hydrogen (secondary N) is 3. The molecule has 1 heterocycles. The van der Waals surface area contributed by atoms with Crippen molar-refractivity contribution in [3.05, 3.63) is 111 Å². The zero-order valence-electron chi connectivity index (χ0n) is 18.4. The average molecular weight is 521 g/mol. The monoisotopic (exact) mass is 520 g/mol. The molecule has 0 aliphatic rings. The highest BCUT2D eigenvalue weighted by atomic mass is 35.5. The van der Waals surface area contributed by atoms with Crippen molar-refractivity contribution in [2.24, 2.45) is 0 Å². The minimum atomic E-state index is -0.588. The first-order valence-corrected chi connectivity index (χ1v) is 11.2. The molecule has 0 aliphatic carbocycles. The first-order valence-electron chi connectivity index (χ1n) is 10.4. The summed E-state index contributed by atoms with van der Waals surface area (Å²) in [5, 5.41) is 19.6. The summed E-state index contributed by atoms with van der Waals surface area (Å²) in [6.45, 7) is 0. The molecule has 0 aliphatic heterocycles. The number of nitrogens with zero attached hydrogens (tertiary/aromatic N) is 1. The van der Waals surface area contributed by atoms with E-state index in [9.17, 15) is 19.7 Å². The zero-order valence-corrected chi connectivity index (χ0v) is 19.9. The molecule has 0 unspecified atom stereocenters. The highest BCUT2D eigenvalue weighted by Crippen LogP contribution is 2.26. The molecule has 4 rings (SSSR count). The van der Waals surface area contributed by atoms with Crippen LogP contribution in [0.15, 0.2) is 89.3 Å². The predicted octanol–water partition coefficient (Wildman–Crippen LogP) is 5.89. The summed E-state index contributed by atoms with van der Waals surface area (Å²) >= 11 is 11.1. The summed E-state index contributed by atoms with van der Waals surface area (Å²) in [5.41, 5.74) is 1.95. The fraction of sp³-hybridized carbons (Fsp3) is 0. The zero-order chi connectivity index (χ0) is 25.7. The standard InChI is InChI=1S/C25H17ClN4O5S/c26-17-5-1-4-16(13-17)23(31)27-18-7-9-19(10-8-18)28-25(36)29-24(32)22-12-11-21(35-22)15-3-2-6-20(14-15)30(33)34/h1-14H,(H,27,31)(H2,28,29,32,36). The average Bonchev–Trinajstić information content (AvgIpc) is 3.36. The molecular formula is C25H17ClN4O5S. The molecule has 1 aromatic heterocycles. The van der Waals surface area contributed by atoms with Crippen LogP contribution in [0.5, 0.6) is 0 Å². The van der Waals surface area contributed by atoms with E-state index in [1.54, 1.807) is 60.7 Å². The van der Waals surface area contributed by atoms with Crippen LogP contribution in [0.4, 0.5) is 17.1 Å². The van der Waals surface area contributed by atoms with Crippen molar-refractivity contribution in [3.63, 3.8) is 0 Å². The van der Waals surface area contributed by atoms with E-state index in [4.69, 9.17) is 28.2 Å². The van der Waals surface area contributed by atoms with Gasteiger partial charge >= 0.3 is 0 Å². The van der Waals surface area contributed by atoms with Gasteiger partial charge in [0.1, 0.15) is 5.76 Å². The van der Waals surface area contributed by atoms with Gasteiger partial charge in [0.05, 0.1) is 4.92 Å². The van der Waals surface area contributed by atoms with Crippen LogP contribution in [0.3, 0.4) is 0 Å². The second-order valence-electron chi connectivity index (χ2n) is 7.42. The van der Waals surface area contributed by atoms with Crippen LogP contribution in [-0.2, 0) is 0 Å². The molecule has 0 spiro atoms. The van der Waals surface area contributed by atoms with Crippen LogP contribution in [-0.4, -0.2) is 21.9 Å². The first kappa shape index (κ1) is 24.6. The number of benzene rings is 3. The van der Waals surface area contributed by atoms with Crippen LogP contribution < -0.4 is 16.0 Å². The molecule has 0 saturated carbocycles. The summed E-state index contributed by atoms with van der Waals surface area (Å²) in [6, 6.07) is 22.2. The third-order valence-corrected chi connectivity index (χ3v) is 5.33. The van der Waals surface area contributed by atoms with Crippen molar-refractivity contribution < 1.29 is 18.9 Å². The lowest BCUT2D eigenvalue weighted by atomic mass is 10.1. The SMILES string of the molecule is O=C(Nc1ccc(NC(=S)NC(=O)c2ccc(-c3cccc([N+](=O)[O-])c3)o2)cc1)c1cccc(Cl)c1. The molecule has 0 saturated heterocycles. The van der Waals surface area contributed by atoms with E-state index in [2.05, 4.69) is 16.0 Å². The molecule has 0 atom stereocenters. The van der Waals surface area contributed by atoms with E-state index >= 15 is 0 Å². The lowest BCUT2D eigenvalue weighted by Gasteiger charge is -2.10. The van der Waals surface area contributed by atoms with Crippen LogP contribution in [0.25, 0.3) is 11.3 Å². The van der Waals surface area contributed by atoms with Gasteiger partial charge in [-0.15, -0.1) is 0 Å². The number of nitro benzene ring substituents is 1. The largest absolute Gasteiger partial charge is 0.451 e. The van der Waals surface area contributed by atoms with Crippen LogP contribution in [0.1, 0.15) is 20.9 Å². The molecule has 180 valence electrons. The van der Waals surface area contributed by atoms with Crippen molar-refractivity contribution in [1.29, 1.82) is 0 Å². The lowest BCUT2D eigenvalue weighted by Crippen LogP contribution is -2.33. The Morgan fingerprint density at radius 3 is 2.25 bits per heavy atom. The van der Waals surface area contributed by atoms with Crippen LogP contribution >= 0.6 is 23.8 Å². The van der Waals surface area contributed by atoms with E-state index in [1.165, 1.54) is 24.3 Å². The highest BCUT2D eigenvalue weighted by molar-refractivity contribution is 7.80. The summed E-state index contributed by atoms with van der Waals surface area (Å²) in [4.78, 5) is 35.3. The Hall–Kier alpha value is -4.54. The Kier molecular flexibility index (Phi) is 7.38. The molecule has 4 aromatic rings. The molecular weight excluding hydrogens is 504 g/mol. The van der Waals surface area contributed by atoms with Gasteiger partial charge in [0.2, 0.25) is 0 Å². The molecule has 2 amide bonds. The summed E-state index contributed by atoms with van der Waals surface area (Å²) in [6.07, 6.45) is 0. The Balaban J connectivity index is 1.33. The predicted molar refractivity (Wildman–Crippen MR) is 140 cm³/mol. The summed E-state index contributed by atoms with van der Waals surface area (Å²) in [5.74, 6) is -0.601. The summed E-state index contributed by atoms with van der Waals surface area (Å²) in [7, 11) is 0. The Bertz CT molecular complexity index is 1470. The molecule has 3 N–H and O–H groups in total. The topological polar surface area (TPSA) is 127 Å². The van der Waals surface area contributed by atoms with E-state index < -0.39 is 10.8 Å². The molecule has 0 fully saturated rings. The van der Waals surface area contributed by atoms with E-state index in [0.29, 0.717) is 33.3 Å². The van der Waals surface area contributed by atoms with E-state index in [1.807, 2.05) is 0 Å². The second kappa shape index (κ2) is 10.8. The van der Waals surface area contributed by atoms with E-state index in [-0.39, 0.29) is 22.5 Å². The van der Waals surface area contributed by atoms with Gasteiger partial charge in [-0.05, 0) is 66.8 Å². The molecule has 36 heavy (non-hydrogen) atoms. The number of anilines is 2. The number of hydrogen-bond donors (Lipinski definition) is 3. The smallest absolute Gasteiger partial charge is 0.293 e. The minimum Gasteiger partial charge on any atom is -0.451 e. The van der Waals surface area contributed by atoms with E-state index in [0.717, 1.165) is 0 Å². The number of hydrogen-bond acceptors (Lipinski definition) is 6. The van der Waals surface area contributed by atoms with Gasteiger partial charge in [0.25, 0.3) is 17.5 Å². The van der Waals surface area contributed by atoms with Crippen LogP contribution in [0.2, 0.25) is 5.02 Å². The maximum Gasteiger partial charge on any atom is 0.293 e. The minimum absolute atomic E-state index is 0.0141. The number of thiocarbonyl (C=S) groups is 1. The van der Waals surface area contributed by atoms with Crippen molar-refractivity contribution >= 4 is 57.8 Å². The second-order valence-corrected chi connectivity index (χ2v) is 8.27. The van der Waals surface area contributed by atoms with Gasteiger partial charge in [-0.3, -0.25) is 25.0 Å². The van der Waals surface area contributed by atoms with Gasteiger partial charge < -0.3 is 15.1 Å². The molecule has 0 radical (unpaired) electrons. The summed E-state index contributed by atoms with van der Waals surface area (Å²) < 4.78 is 5.54. The van der Waals surface area contributed by atoms with Crippen molar-refractivity contribution in [2.75, 3.05) is 10.6 Å². The number of non-ortho nitro benzene ring substituents is 1. The molecule has 0 bridgehead atoms. The van der Waals surface area contributed by atoms with Gasteiger partial charge in [-0.1, -0.05) is 29.8 Å². The quantitative estimate of drug-likeness (QED) is 0.164. The van der Waals surface area contributed by atoms with Gasteiger partial charge in [-0.2, -0.15) is 0 Å². The number of rotatable bonds is 6. The van der Waals surface area contributed by atoms with Gasteiger partial charge in [0, 0.05) is 39.7 Å². The third kappa shape index (κ3) is 6.12. The van der Waals surface area contributed by atoms with Crippen molar-refractivity contribution in [1.82, 2.24) is 5.32 Å². The third-order valence-electron chi connectivity index (χ3n) is 4.89. The number of nitro groups is 1. The number of carbonyl (C=O) groups is 2. The Morgan fingerprint density at radius 1 is 0.861 bits per heavy atom. The number of halogens is 1. The lowest BCUT2D eigenvalue weighted by molar-refractivity contribution is -0.384. The molecule has 9 nitrogen and oxygen atoms in total. The maximum atomic E-state index is 12.5. The van der Waals surface area contributed by atoms with Crippen LogP contribution in [0, 0.1) is 10.1 Å². The number of furan rings is 1. The Labute approximate surface area is 215 Å². The van der Waals surface area contributed by atoms with Crippen molar-refractivity contribution in [2.45, 2.75) is 0 Å². The first-order chi connectivity index (χ1) is 17.3. The van der Waals surface area contributed by atoms with Gasteiger partial charge in [0.15, 0.2) is 10.9 Å². The normalized spacial score (nSPS) is 10.4. The molecule has 3 aromatic carbocycles. The van der Waals surface area contributed by atoms with Crippen molar-refractivity contribution in [3.8, 4) is 11.3 Å². The highest BCUT2D eigenvalue weighted by Gasteiger charge is 2.15. The molecule has 11 heteroatoms. The number of amides is 2.